The molecule has 0 radical (unpaired) electrons. The largest absolute Gasteiger partial charge is 0.493 e. The van der Waals surface area contributed by atoms with Crippen LogP contribution in [-0.4, -0.2) is 38.4 Å². The lowest BCUT2D eigenvalue weighted by atomic mass is 10.0. The van der Waals surface area contributed by atoms with Gasteiger partial charge in [0.25, 0.3) is 0 Å². The van der Waals surface area contributed by atoms with E-state index in [1.54, 1.807) is 7.11 Å². The van der Waals surface area contributed by atoms with Gasteiger partial charge in [0, 0.05) is 13.2 Å². The monoisotopic (exact) mass is 413 g/mol. The summed E-state index contributed by atoms with van der Waals surface area (Å²) in [5.74, 6) is 1.38. The van der Waals surface area contributed by atoms with Crippen molar-refractivity contribution in [2.75, 3.05) is 20.3 Å². The van der Waals surface area contributed by atoms with Crippen LogP contribution in [0.25, 0.3) is 0 Å². The molecule has 0 fully saturated rings. The number of benzene rings is 2. The topological polar surface area (TPSA) is 56.8 Å². The van der Waals surface area contributed by atoms with Gasteiger partial charge in [-0.3, -0.25) is 4.79 Å². The van der Waals surface area contributed by atoms with E-state index >= 15 is 0 Å². The van der Waals surface area contributed by atoms with Gasteiger partial charge in [-0.2, -0.15) is 0 Å². The molecule has 164 valence electrons. The second-order valence-corrected chi connectivity index (χ2v) is 7.66. The zero-order chi connectivity index (χ0) is 21.9. The number of carbonyl (C=O) groups excluding carboxylic acids is 1. The van der Waals surface area contributed by atoms with Crippen LogP contribution in [0.15, 0.2) is 42.5 Å². The number of rotatable bonds is 12. The Bertz CT molecular complexity index is 786. The maximum Gasteiger partial charge on any atom is 0.249 e. The Labute approximate surface area is 180 Å². The van der Waals surface area contributed by atoms with E-state index in [0.717, 1.165) is 17.7 Å². The molecule has 0 spiro atoms. The van der Waals surface area contributed by atoms with Crippen LogP contribution < -0.4 is 14.8 Å². The molecule has 0 bridgehead atoms. The van der Waals surface area contributed by atoms with Crippen molar-refractivity contribution >= 4 is 5.91 Å². The molecule has 5 heteroatoms. The number of hydrogen-bond acceptors (Lipinski definition) is 4. The molecule has 2 rings (SSSR count). The molecule has 1 N–H and O–H groups in total. The molecule has 5 nitrogen and oxygen atoms in total. The standard InChI is InChI=1S/C25H35NO4/c1-6-29-23(14-11-20-9-7-19(4)8-10-20)25(27)26-16-15-21-12-13-22(30-18(2)3)24(17-21)28-5/h7-10,12-13,17-18,23H,6,11,14-16H2,1-5H3,(H,26,27). The Kier molecular flexibility index (Phi) is 9.68. The molecule has 0 aliphatic rings. The van der Waals surface area contributed by atoms with Gasteiger partial charge < -0.3 is 19.5 Å². The summed E-state index contributed by atoms with van der Waals surface area (Å²) in [7, 11) is 1.63. The van der Waals surface area contributed by atoms with Crippen molar-refractivity contribution in [2.24, 2.45) is 0 Å². The van der Waals surface area contributed by atoms with Crippen LogP contribution >= 0.6 is 0 Å². The lowest BCUT2D eigenvalue weighted by Crippen LogP contribution is -2.37. The molecular weight excluding hydrogens is 378 g/mol. The summed E-state index contributed by atoms with van der Waals surface area (Å²) in [5, 5.41) is 3.01. The minimum atomic E-state index is -0.437. The second-order valence-electron chi connectivity index (χ2n) is 7.66. The first-order valence-electron chi connectivity index (χ1n) is 10.7. The number of methoxy groups -OCH3 is 1. The zero-order valence-corrected chi connectivity index (χ0v) is 18.9. The predicted molar refractivity (Wildman–Crippen MR) is 120 cm³/mol. The molecule has 1 atom stereocenters. The molecule has 0 aromatic heterocycles. The van der Waals surface area contributed by atoms with Crippen LogP contribution in [0.3, 0.4) is 0 Å². The summed E-state index contributed by atoms with van der Waals surface area (Å²) in [6.45, 7) is 9.01. The molecule has 1 amide bonds. The van der Waals surface area contributed by atoms with E-state index in [1.807, 2.05) is 39.0 Å². The number of ether oxygens (including phenoxy) is 3. The fraction of sp³-hybridized carbons (Fsp3) is 0.480. The summed E-state index contributed by atoms with van der Waals surface area (Å²) in [6, 6.07) is 14.3. The summed E-state index contributed by atoms with van der Waals surface area (Å²) in [5.41, 5.74) is 3.53. The van der Waals surface area contributed by atoms with E-state index in [9.17, 15) is 4.79 Å². The highest BCUT2D eigenvalue weighted by Crippen LogP contribution is 2.29. The average molecular weight is 414 g/mol. The van der Waals surface area contributed by atoms with Crippen LogP contribution in [0.2, 0.25) is 0 Å². The first-order chi connectivity index (χ1) is 14.4. The van der Waals surface area contributed by atoms with Crippen molar-refractivity contribution in [2.45, 2.75) is 59.2 Å². The quantitative estimate of drug-likeness (QED) is 0.557. The van der Waals surface area contributed by atoms with E-state index in [2.05, 4.69) is 36.5 Å². The first-order valence-corrected chi connectivity index (χ1v) is 10.7. The third-order valence-corrected chi connectivity index (χ3v) is 4.78. The van der Waals surface area contributed by atoms with Gasteiger partial charge in [-0.05, 0) is 70.2 Å². The van der Waals surface area contributed by atoms with Crippen molar-refractivity contribution in [1.29, 1.82) is 0 Å². The van der Waals surface area contributed by atoms with Crippen molar-refractivity contribution in [1.82, 2.24) is 5.32 Å². The summed E-state index contributed by atoms with van der Waals surface area (Å²) in [6.07, 6.45) is 1.83. The molecule has 30 heavy (non-hydrogen) atoms. The SMILES string of the molecule is CCOC(CCc1ccc(C)cc1)C(=O)NCCc1ccc(OC(C)C)c(OC)c1. The van der Waals surface area contributed by atoms with Crippen molar-refractivity contribution in [3.05, 3.63) is 59.2 Å². The predicted octanol–water partition coefficient (Wildman–Crippen LogP) is 4.49. The Hall–Kier alpha value is -2.53. The summed E-state index contributed by atoms with van der Waals surface area (Å²) >= 11 is 0. The first kappa shape index (κ1) is 23.7. The smallest absolute Gasteiger partial charge is 0.249 e. The Morgan fingerprint density at radius 1 is 1.00 bits per heavy atom. The zero-order valence-electron chi connectivity index (χ0n) is 18.9. The van der Waals surface area contributed by atoms with E-state index in [4.69, 9.17) is 14.2 Å². The van der Waals surface area contributed by atoms with Gasteiger partial charge in [-0.15, -0.1) is 0 Å². The van der Waals surface area contributed by atoms with Gasteiger partial charge in [-0.1, -0.05) is 35.9 Å². The highest BCUT2D eigenvalue weighted by atomic mass is 16.5. The maximum absolute atomic E-state index is 12.6. The van der Waals surface area contributed by atoms with Gasteiger partial charge >= 0.3 is 0 Å². The third-order valence-electron chi connectivity index (χ3n) is 4.78. The molecule has 0 saturated heterocycles. The maximum atomic E-state index is 12.6. The van der Waals surface area contributed by atoms with Gasteiger partial charge in [0.2, 0.25) is 5.91 Å². The molecule has 0 aliphatic carbocycles. The molecule has 2 aromatic rings. The van der Waals surface area contributed by atoms with Crippen LogP contribution in [-0.2, 0) is 22.4 Å². The highest BCUT2D eigenvalue weighted by Gasteiger charge is 2.18. The van der Waals surface area contributed by atoms with Crippen molar-refractivity contribution in [3.8, 4) is 11.5 Å². The van der Waals surface area contributed by atoms with Gasteiger partial charge in [0.1, 0.15) is 6.10 Å². The van der Waals surface area contributed by atoms with E-state index in [0.29, 0.717) is 31.7 Å². The lowest BCUT2D eigenvalue weighted by Gasteiger charge is -2.17. The van der Waals surface area contributed by atoms with E-state index in [-0.39, 0.29) is 12.0 Å². The summed E-state index contributed by atoms with van der Waals surface area (Å²) in [4.78, 5) is 12.6. The van der Waals surface area contributed by atoms with Crippen LogP contribution in [0, 0.1) is 6.92 Å². The summed E-state index contributed by atoms with van der Waals surface area (Å²) < 4.78 is 16.9. The minimum Gasteiger partial charge on any atom is -0.493 e. The van der Waals surface area contributed by atoms with Gasteiger partial charge in [-0.25, -0.2) is 0 Å². The van der Waals surface area contributed by atoms with Crippen molar-refractivity contribution in [3.63, 3.8) is 0 Å². The fourth-order valence-electron chi connectivity index (χ4n) is 3.21. The highest BCUT2D eigenvalue weighted by molar-refractivity contribution is 5.80. The second kappa shape index (κ2) is 12.2. The molecule has 1 unspecified atom stereocenters. The Morgan fingerprint density at radius 2 is 1.70 bits per heavy atom. The fourth-order valence-corrected chi connectivity index (χ4v) is 3.21. The van der Waals surface area contributed by atoms with Gasteiger partial charge in [0.05, 0.1) is 13.2 Å². The minimum absolute atomic E-state index is 0.0595. The van der Waals surface area contributed by atoms with Crippen molar-refractivity contribution < 1.29 is 19.0 Å². The molecule has 0 heterocycles. The Morgan fingerprint density at radius 3 is 2.33 bits per heavy atom. The number of carbonyl (C=O) groups is 1. The molecule has 2 aromatic carbocycles. The molecule has 0 aliphatic heterocycles. The lowest BCUT2D eigenvalue weighted by molar-refractivity contribution is -0.132. The number of hydrogen-bond donors (Lipinski definition) is 1. The normalized spacial score (nSPS) is 11.9. The number of aryl methyl sites for hydroxylation is 2. The number of amides is 1. The van der Waals surface area contributed by atoms with E-state index < -0.39 is 6.10 Å². The molecular formula is C25H35NO4. The average Bonchev–Trinajstić information content (AvgIpc) is 2.72. The van der Waals surface area contributed by atoms with Crippen LogP contribution in [0.1, 0.15) is 43.9 Å². The van der Waals surface area contributed by atoms with Crippen LogP contribution in [0.4, 0.5) is 0 Å². The van der Waals surface area contributed by atoms with Gasteiger partial charge in [0.15, 0.2) is 11.5 Å². The molecule has 0 saturated carbocycles. The van der Waals surface area contributed by atoms with E-state index in [1.165, 1.54) is 11.1 Å². The Balaban J connectivity index is 1.86. The third kappa shape index (κ3) is 7.71. The van der Waals surface area contributed by atoms with Crippen LogP contribution in [0.5, 0.6) is 11.5 Å². The number of nitrogens with one attached hydrogen (secondary N) is 1.